The zero-order valence-electron chi connectivity index (χ0n) is 55.8. The molecule has 0 heterocycles. The Bertz CT molecular complexity index is 1610. The minimum atomic E-state index is -1.62. The highest BCUT2D eigenvalue weighted by atomic mass is 16.7. The van der Waals surface area contributed by atoms with Gasteiger partial charge in [0.25, 0.3) is 0 Å². The number of hydrogen-bond donors (Lipinski definition) is 0. The number of hydrogen-bond acceptors (Lipinski definition) is 8. The van der Waals surface area contributed by atoms with Crippen LogP contribution in [0.5, 0.6) is 0 Å². The van der Waals surface area contributed by atoms with Crippen molar-refractivity contribution in [1.29, 1.82) is 0 Å². The number of allylic oxidation sites excluding steroid dienone is 12. The number of aliphatic carboxylic acids is 1. The number of carbonyl (C=O) groups is 3. The molecule has 9 nitrogen and oxygen atoms in total. The predicted octanol–water partition coefficient (Wildman–Crippen LogP) is 20.7. The first-order valence-corrected chi connectivity index (χ1v) is 35.6. The molecule has 84 heavy (non-hydrogen) atoms. The van der Waals surface area contributed by atoms with Crippen LogP contribution in [0.15, 0.2) is 72.9 Å². The van der Waals surface area contributed by atoms with Crippen molar-refractivity contribution in [3.05, 3.63) is 72.9 Å². The number of carboxylic acid groups (broad SMARTS) is 1. The van der Waals surface area contributed by atoms with Crippen LogP contribution in [0.1, 0.15) is 328 Å². The van der Waals surface area contributed by atoms with Crippen molar-refractivity contribution in [1.82, 2.24) is 0 Å². The molecule has 0 aliphatic rings. The summed E-state index contributed by atoms with van der Waals surface area (Å²) in [6.07, 6.45) is 84.3. The Morgan fingerprint density at radius 3 is 1.02 bits per heavy atom. The molecule has 0 saturated heterocycles. The van der Waals surface area contributed by atoms with Crippen LogP contribution in [0.2, 0.25) is 0 Å². The van der Waals surface area contributed by atoms with Gasteiger partial charge in [0.2, 0.25) is 0 Å². The minimum Gasteiger partial charge on any atom is -0.545 e. The van der Waals surface area contributed by atoms with Crippen molar-refractivity contribution >= 4 is 17.9 Å². The van der Waals surface area contributed by atoms with E-state index in [0.717, 1.165) is 64.2 Å². The average molecular weight is 1180 g/mol. The van der Waals surface area contributed by atoms with E-state index in [1.807, 2.05) is 21.1 Å². The van der Waals surface area contributed by atoms with Gasteiger partial charge in [-0.2, -0.15) is 0 Å². The molecular formula is C75H135NO8. The summed E-state index contributed by atoms with van der Waals surface area (Å²) in [4.78, 5) is 37.4. The van der Waals surface area contributed by atoms with Crippen LogP contribution in [0, 0.1) is 0 Å². The van der Waals surface area contributed by atoms with Crippen molar-refractivity contribution in [2.24, 2.45) is 0 Å². The number of unbranched alkanes of at least 4 members (excludes halogenated alkanes) is 39. The van der Waals surface area contributed by atoms with Crippen molar-refractivity contribution < 1.29 is 42.9 Å². The van der Waals surface area contributed by atoms with Gasteiger partial charge >= 0.3 is 11.9 Å². The summed E-state index contributed by atoms with van der Waals surface area (Å²) >= 11 is 0. The van der Waals surface area contributed by atoms with Crippen LogP contribution < -0.4 is 5.11 Å². The molecule has 2 atom stereocenters. The second-order valence-electron chi connectivity index (χ2n) is 25.1. The minimum absolute atomic E-state index is 0.148. The average Bonchev–Trinajstić information content (AvgIpc) is 3.52. The van der Waals surface area contributed by atoms with Crippen LogP contribution in [-0.2, 0) is 33.3 Å². The molecule has 0 amide bonds. The molecule has 0 rings (SSSR count). The van der Waals surface area contributed by atoms with Gasteiger partial charge in [0.15, 0.2) is 12.4 Å². The normalized spacial score (nSPS) is 13.1. The molecule has 0 spiro atoms. The molecule has 0 N–H and O–H groups in total. The number of rotatable bonds is 66. The summed E-state index contributed by atoms with van der Waals surface area (Å²) in [6.45, 7) is 4.67. The van der Waals surface area contributed by atoms with Gasteiger partial charge in [-0.05, 0) is 83.5 Å². The van der Waals surface area contributed by atoms with Crippen LogP contribution in [0.25, 0.3) is 0 Å². The molecule has 0 saturated carbocycles. The number of carboxylic acids is 1. The quantitative estimate of drug-likeness (QED) is 0.0195. The molecule has 0 aromatic rings. The monoisotopic (exact) mass is 1180 g/mol. The van der Waals surface area contributed by atoms with E-state index >= 15 is 0 Å². The van der Waals surface area contributed by atoms with Gasteiger partial charge in [0.05, 0.1) is 40.3 Å². The van der Waals surface area contributed by atoms with Crippen molar-refractivity contribution in [3.63, 3.8) is 0 Å². The summed E-state index contributed by atoms with van der Waals surface area (Å²) in [5, 5.41) is 11.8. The largest absolute Gasteiger partial charge is 0.545 e. The van der Waals surface area contributed by atoms with Gasteiger partial charge in [-0.1, -0.05) is 305 Å². The first-order chi connectivity index (χ1) is 41.1. The summed E-state index contributed by atoms with van der Waals surface area (Å²) in [7, 11) is 5.94. The van der Waals surface area contributed by atoms with Gasteiger partial charge < -0.3 is 33.3 Å². The number of esters is 2. The Morgan fingerprint density at radius 2 is 0.679 bits per heavy atom. The standard InChI is InChI=1S/C75H135NO8/c1-6-8-10-12-14-16-18-20-22-24-26-27-28-29-30-31-32-33-34-35-36-37-38-39-40-41-42-43-44-45-46-47-48-50-52-54-56-58-60-62-64-66-73(78)84-71(70-83-75(74(79)80)81-68-67-76(3,4)5)69-82-72(77)65-63-61-59-57-55-53-51-49-25-23-21-19-17-15-13-11-9-7-2/h8,10,14,16,20,22-23,25-27,29-30,71,75H,6-7,9,11-13,15,17-19,21,24,28,31-70H2,1-5H3/b10-8-,16-14-,22-20-,25-23-,27-26-,30-29-. The number of likely N-dealkylation sites (N-methyl/N-ethyl adjacent to an activating group) is 1. The zero-order valence-corrected chi connectivity index (χ0v) is 55.8. The molecule has 0 aliphatic carbocycles. The smallest absolute Gasteiger partial charge is 0.306 e. The maximum Gasteiger partial charge on any atom is 0.306 e. The molecular weight excluding hydrogens is 1040 g/mol. The number of nitrogens with zero attached hydrogens (tertiary/aromatic N) is 1. The first-order valence-electron chi connectivity index (χ1n) is 35.6. The fraction of sp³-hybridized carbons (Fsp3) is 0.800. The summed E-state index contributed by atoms with van der Waals surface area (Å²) in [5.74, 6) is -2.27. The third kappa shape index (κ3) is 66.3. The van der Waals surface area contributed by atoms with E-state index in [9.17, 15) is 19.5 Å². The Morgan fingerprint density at radius 1 is 0.369 bits per heavy atom. The van der Waals surface area contributed by atoms with Crippen molar-refractivity contribution in [3.8, 4) is 0 Å². The van der Waals surface area contributed by atoms with Crippen LogP contribution >= 0.6 is 0 Å². The van der Waals surface area contributed by atoms with E-state index in [0.29, 0.717) is 17.4 Å². The number of quaternary nitrogens is 1. The molecule has 0 aromatic carbocycles. The fourth-order valence-corrected chi connectivity index (χ4v) is 10.3. The van der Waals surface area contributed by atoms with Crippen molar-refractivity contribution in [2.45, 2.75) is 341 Å². The molecule has 9 heteroatoms. The highest BCUT2D eigenvalue weighted by molar-refractivity contribution is 5.70. The Balaban J connectivity index is 3.96. The maximum atomic E-state index is 12.9. The van der Waals surface area contributed by atoms with E-state index in [1.165, 1.54) is 231 Å². The van der Waals surface area contributed by atoms with Gasteiger partial charge in [-0.15, -0.1) is 0 Å². The summed E-state index contributed by atoms with van der Waals surface area (Å²) < 4.78 is 22.8. The van der Waals surface area contributed by atoms with Crippen LogP contribution in [0.3, 0.4) is 0 Å². The SMILES string of the molecule is CC/C=C\C/C=C\C/C=C\C/C=C\C/C=C\CCCCCCCCCCCCCCCCCCCCCCCCCCCC(=O)OC(COC(=O)CCCCCCCCC/C=C\CCCCCCCCC)COC(OCC[N+](C)(C)C)C(=O)[O-]. The van der Waals surface area contributed by atoms with E-state index in [4.69, 9.17) is 18.9 Å². The second-order valence-corrected chi connectivity index (χ2v) is 25.1. The molecule has 2 unspecified atom stereocenters. The predicted molar refractivity (Wildman–Crippen MR) is 357 cm³/mol. The lowest BCUT2D eigenvalue weighted by Crippen LogP contribution is -2.44. The highest BCUT2D eigenvalue weighted by Gasteiger charge is 2.22. The Kier molecular flexibility index (Phi) is 63.1. The van der Waals surface area contributed by atoms with Gasteiger partial charge in [-0.25, -0.2) is 0 Å². The summed E-state index contributed by atoms with van der Waals surface area (Å²) in [6, 6.07) is 0. The second kappa shape index (κ2) is 65.7. The van der Waals surface area contributed by atoms with E-state index < -0.39 is 24.3 Å². The van der Waals surface area contributed by atoms with Gasteiger partial charge in [0, 0.05) is 12.8 Å². The van der Waals surface area contributed by atoms with Crippen molar-refractivity contribution in [2.75, 3.05) is 47.5 Å². The maximum absolute atomic E-state index is 12.9. The van der Waals surface area contributed by atoms with Gasteiger partial charge in [0.1, 0.15) is 13.2 Å². The van der Waals surface area contributed by atoms with Crippen LogP contribution in [-0.4, -0.2) is 82.3 Å². The fourth-order valence-electron chi connectivity index (χ4n) is 10.3. The van der Waals surface area contributed by atoms with E-state index in [1.54, 1.807) is 0 Å². The van der Waals surface area contributed by atoms with E-state index in [2.05, 4.69) is 86.8 Å². The third-order valence-corrected chi connectivity index (χ3v) is 15.7. The molecule has 0 aliphatic heterocycles. The molecule has 0 radical (unpaired) electrons. The lowest BCUT2D eigenvalue weighted by atomic mass is 10.0. The Hall–Kier alpha value is -3.27. The topological polar surface area (TPSA) is 111 Å². The molecule has 0 aromatic heterocycles. The highest BCUT2D eigenvalue weighted by Crippen LogP contribution is 2.18. The molecule has 0 fully saturated rings. The third-order valence-electron chi connectivity index (χ3n) is 15.7. The number of carbonyl (C=O) groups excluding carboxylic acids is 3. The van der Waals surface area contributed by atoms with Gasteiger partial charge in [-0.3, -0.25) is 9.59 Å². The molecule has 488 valence electrons. The first kappa shape index (κ1) is 80.7. The lowest BCUT2D eigenvalue weighted by molar-refractivity contribution is -0.870. The lowest BCUT2D eigenvalue weighted by Gasteiger charge is -2.26. The number of ether oxygens (including phenoxy) is 4. The Labute approximate surface area is 519 Å². The molecule has 0 bridgehead atoms. The summed E-state index contributed by atoms with van der Waals surface area (Å²) in [5.41, 5.74) is 0. The van der Waals surface area contributed by atoms with E-state index in [-0.39, 0.29) is 38.6 Å². The van der Waals surface area contributed by atoms with Crippen LogP contribution in [0.4, 0.5) is 0 Å². The zero-order chi connectivity index (χ0) is 61.2.